The molecule has 0 saturated heterocycles. The minimum atomic E-state index is -1.35. The molecule has 0 aliphatic carbocycles. The van der Waals surface area contributed by atoms with E-state index in [0.29, 0.717) is 0 Å². The van der Waals surface area contributed by atoms with Crippen molar-refractivity contribution in [1.29, 1.82) is 0 Å². The summed E-state index contributed by atoms with van der Waals surface area (Å²) in [6.45, 7) is 4.49. The topological polar surface area (TPSA) is 34.1 Å². The van der Waals surface area contributed by atoms with Crippen LogP contribution in [-0.2, 0) is 21.6 Å². The number of benzene rings is 2. The Hall–Kier alpha value is -2.30. The van der Waals surface area contributed by atoms with Crippen LogP contribution in [0.4, 0.5) is 0 Å². The molecule has 40 heavy (non-hydrogen) atoms. The molecule has 2 aliphatic rings. The van der Waals surface area contributed by atoms with Gasteiger partial charge in [0.15, 0.2) is 0 Å². The normalized spacial score (nSPS) is 18.9. The van der Waals surface area contributed by atoms with Crippen molar-refractivity contribution in [2.75, 3.05) is 0 Å². The van der Waals surface area contributed by atoms with E-state index in [4.69, 9.17) is 0 Å². The molecule has 2 aromatic carbocycles. The largest absolute Gasteiger partial charge is 0.249 e. The molecule has 2 heterocycles. The van der Waals surface area contributed by atoms with Crippen molar-refractivity contribution in [3.05, 3.63) is 105 Å². The average molecular weight is 575 g/mol. The lowest BCUT2D eigenvalue weighted by molar-refractivity contribution is 0.607. The second-order valence-corrected chi connectivity index (χ2v) is 13.8. The van der Waals surface area contributed by atoms with Crippen molar-refractivity contribution in [1.82, 2.24) is 0 Å². The Kier molecular flexibility index (Phi) is 12.4. The summed E-state index contributed by atoms with van der Waals surface area (Å²) in [5, 5.41) is 0. The Bertz CT molecular complexity index is 1180. The van der Waals surface area contributed by atoms with E-state index in [0.717, 1.165) is 67.6 Å². The van der Waals surface area contributed by atoms with Gasteiger partial charge in [-0.15, -0.1) is 0 Å². The first-order valence-electron chi connectivity index (χ1n) is 15.5. The van der Waals surface area contributed by atoms with Gasteiger partial charge in [0.25, 0.3) is 0 Å². The third-order valence-corrected chi connectivity index (χ3v) is 11.2. The van der Waals surface area contributed by atoms with Gasteiger partial charge < -0.3 is 0 Å². The number of hydrogen-bond acceptors (Lipinski definition) is 2. The van der Waals surface area contributed by atoms with Crippen LogP contribution in [0.15, 0.2) is 93.8 Å². The maximum absolute atomic E-state index is 14.3. The van der Waals surface area contributed by atoms with Crippen LogP contribution in [0, 0.1) is 0 Å². The first-order valence-corrected chi connectivity index (χ1v) is 17.8. The zero-order valence-corrected chi connectivity index (χ0v) is 26.1. The maximum Gasteiger partial charge on any atom is 0.0871 e. The van der Waals surface area contributed by atoms with Crippen LogP contribution >= 0.6 is 0 Å². The maximum atomic E-state index is 14.3. The predicted octanol–water partition coefficient (Wildman–Crippen LogP) is 10.6. The fourth-order valence-electron chi connectivity index (χ4n) is 5.62. The van der Waals surface area contributed by atoms with Gasteiger partial charge in [-0.2, -0.15) is 0 Å². The molecule has 4 heteroatoms. The molecule has 0 spiro atoms. The predicted molar refractivity (Wildman–Crippen MR) is 175 cm³/mol. The first-order chi connectivity index (χ1) is 19.7. The van der Waals surface area contributed by atoms with Gasteiger partial charge in [0.1, 0.15) is 0 Å². The summed E-state index contributed by atoms with van der Waals surface area (Å²) in [6.07, 6.45) is 20.7. The third-order valence-electron chi connectivity index (χ3n) is 7.89. The van der Waals surface area contributed by atoms with Gasteiger partial charge in [-0.05, 0) is 60.1 Å². The number of unbranched alkanes of at least 4 members (excludes halogenated alkanes) is 10. The first kappa shape index (κ1) is 30.7. The minimum Gasteiger partial charge on any atom is -0.249 e. The summed E-state index contributed by atoms with van der Waals surface area (Å²) in [5.41, 5.74) is 4.24. The standard InChI is InChI=1S/C36H46O2S2/c1-3-5-7-9-11-15-25-31-27-33(29-21-17-13-18-22-29)39(37)35(31)36-32(26-16-12-10-8-6-4-2)28-34(40(36)38)30-23-19-14-20-24-30/h13-14,17-24,27-28H,3-12,15-16,25-26H2,1-2H3. The van der Waals surface area contributed by atoms with E-state index in [2.05, 4.69) is 26.0 Å². The van der Waals surface area contributed by atoms with Crippen LogP contribution in [0.1, 0.15) is 115 Å². The molecule has 2 aromatic rings. The van der Waals surface area contributed by atoms with E-state index in [9.17, 15) is 8.42 Å². The molecular weight excluding hydrogens is 529 g/mol. The van der Waals surface area contributed by atoms with Crippen molar-refractivity contribution in [3.63, 3.8) is 0 Å². The van der Waals surface area contributed by atoms with Crippen LogP contribution in [0.2, 0.25) is 0 Å². The van der Waals surface area contributed by atoms with E-state index in [1.165, 1.54) is 64.2 Å². The Labute approximate surface area is 247 Å². The molecule has 0 saturated carbocycles. The van der Waals surface area contributed by atoms with Gasteiger partial charge >= 0.3 is 0 Å². The fraction of sp³-hybridized carbons (Fsp3) is 0.444. The van der Waals surface area contributed by atoms with Crippen LogP contribution in [0.25, 0.3) is 9.81 Å². The highest BCUT2D eigenvalue weighted by atomic mass is 32.2. The average Bonchev–Trinajstić information content (AvgIpc) is 3.48. The fourth-order valence-corrected chi connectivity index (χ4v) is 9.11. The monoisotopic (exact) mass is 574 g/mol. The van der Waals surface area contributed by atoms with E-state index >= 15 is 0 Å². The zero-order valence-electron chi connectivity index (χ0n) is 24.5. The number of hydrogen-bond donors (Lipinski definition) is 0. The van der Waals surface area contributed by atoms with Gasteiger partial charge in [0, 0.05) is 0 Å². The summed E-state index contributed by atoms with van der Waals surface area (Å²) in [4.78, 5) is 3.36. The highest BCUT2D eigenvalue weighted by Crippen LogP contribution is 2.46. The van der Waals surface area contributed by atoms with Gasteiger partial charge in [0.2, 0.25) is 0 Å². The Morgan fingerprint density at radius 3 is 1.20 bits per heavy atom. The SMILES string of the molecule is CCCCCCCCC1=C(C2=C(CCCCCCCC)C=C(c3ccccc3)S2=O)S(=O)C(c2ccccc2)=C1. The quantitative estimate of drug-likeness (QED) is 0.176. The molecule has 0 N–H and O–H groups in total. The van der Waals surface area contributed by atoms with Gasteiger partial charge in [-0.3, -0.25) is 0 Å². The molecule has 4 rings (SSSR count). The van der Waals surface area contributed by atoms with Crippen molar-refractivity contribution in [2.24, 2.45) is 0 Å². The smallest absolute Gasteiger partial charge is 0.0871 e. The minimum absolute atomic E-state index is 0.828. The van der Waals surface area contributed by atoms with E-state index in [1.807, 2.05) is 60.7 Å². The molecule has 2 aliphatic heterocycles. The molecule has 0 radical (unpaired) electrons. The summed E-state index contributed by atoms with van der Waals surface area (Å²) >= 11 is 0. The molecule has 0 amide bonds. The second kappa shape index (κ2) is 16.2. The molecule has 0 bridgehead atoms. The lowest BCUT2D eigenvalue weighted by Crippen LogP contribution is -2.05. The van der Waals surface area contributed by atoms with Crippen molar-refractivity contribution < 1.29 is 8.42 Å². The van der Waals surface area contributed by atoms with Crippen LogP contribution < -0.4 is 0 Å². The van der Waals surface area contributed by atoms with E-state index in [-0.39, 0.29) is 0 Å². The summed E-state index contributed by atoms with van der Waals surface area (Å²) in [6, 6.07) is 20.2. The van der Waals surface area contributed by atoms with Gasteiger partial charge in [-0.25, -0.2) is 8.42 Å². The Morgan fingerprint density at radius 2 is 0.825 bits per heavy atom. The van der Waals surface area contributed by atoms with Gasteiger partial charge in [0.05, 0.1) is 41.2 Å². The zero-order chi connectivity index (χ0) is 28.2. The van der Waals surface area contributed by atoms with Crippen molar-refractivity contribution >= 4 is 31.4 Å². The van der Waals surface area contributed by atoms with Crippen LogP contribution in [-0.4, -0.2) is 8.42 Å². The molecule has 2 nitrogen and oxygen atoms in total. The summed E-state index contributed by atoms with van der Waals surface area (Å²) < 4.78 is 28.5. The molecule has 2 unspecified atom stereocenters. The second-order valence-electron chi connectivity index (χ2n) is 11.0. The van der Waals surface area contributed by atoms with E-state index in [1.54, 1.807) is 0 Å². The number of allylic oxidation sites excluding steroid dienone is 4. The Balaban J connectivity index is 1.64. The molecule has 214 valence electrons. The third kappa shape index (κ3) is 7.91. The Morgan fingerprint density at radius 1 is 0.475 bits per heavy atom. The lowest BCUT2D eigenvalue weighted by atomic mass is 10.0. The van der Waals surface area contributed by atoms with Crippen LogP contribution in [0.5, 0.6) is 0 Å². The van der Waals surface area contributed by atoms with Crippen LogP contribution in [0.3, 0.4) is 0 Å². The number of rotatable bonds is 17. The molecular formula is C36H46O2S2. The molecule has 0 fully saturated rings. The summed E-state index contributed by atoms with van der Waals surface area (Å²) in [5.74, 6) is 0. The molecule has 0 aromatic heterocycles. The van der Waals surface area contributed by atoms with Crippen molar-refractivity contribution in [2.45, 2.75) is 104 Å². The highest BCUT2D eigenvalue weighted by Gasteiger charge is 2.35. The summed E-state index contributed by atoms with van der Waals surface area (Å²) in [7, 11) is -2.69. The van der Waals surface area contributed by atoms with E-state index < -0.39 is 21.6 Å². The molecule has 2 atom stereocenters. The highest BCUT2D eigenvalue weighted by molar-refractivity contribution is 8.03. The van der Waals surface area contributed by atoms with Crippen molar-refractivity contribution in [3.8, 4) is 0 Å². The van der Waals surface area contributed by atoms with Gasteiger partial charge in [-0.1, -0.05) is 139 Å². The lowest BCUT2D eigenvalue weighted by Gasteiger charge is -2.13.